The summed E-state index contributed by atoms with van der Waals surface area (Å²) in [6.07, 6.45) is 1.99. The molecule has 0 saturated carbocycles. The van der Waals surface area contributed by atoms with E-state index >= 15 is 0 Å². The van der Waals surface area contributed by atoms with Gasteiger partial charge in [0.25, 0.3) is 0 Å². The molecule has 0 aliphatic rings. The zero-order valence-corrected chi connectivity index (χ0v) is 13.7. The van der Waals surface area contributed by atoms with Crippen LogP contribution in [0.1, 0.15) is 0 Å². The Balaban J connectivity index is 1.86. The molecule has 24 heavy (non-hydrogen) atoms. The van der Waals surface area contributed by atoms with E-state index in [0.29, 0.717) is 5.75 Å². The van der Waals surface area contributed by atoms with Crippen molar-refractivity contribution in [2.24, 2.45) is 0 Å². The van der Waals surface area contributed by atoms with Gasteiger partial charge in [-0.3, -0.25) is 4.40 Å². The molecule has 0 amide bonds. The van der Waals surface area contributed by atoms with Crippen molar-refractivity contribution in [3.8, 4) is 22.8 Å². The Morgan fingerprint density at radius 1 is 1.17 bits per heavy atom. The summed E-state index contributed by atoms with van der Waals surface area (Å²) in [6.45, 7) is 0. The molecular weight excluding hydrogens is 322 g/mol. The zero-order valence-electron chi connectivity index (χ0n) is 12.9. The van der Waals surface area contributed by atoms with Crippen molar-refractivity contribution >= 4 is 27.8 Å². The minimum Gasteiger partial charge on any atom is -0.504 e. The van der Waals surface area contributed by atoms with Gasteiger partial charge in [-0.05, 0) is 30.3 Å². The second-order valence-electron chi connectivity index (χ2n) is 5.24. The first-order chi connectivity index (χ1) is 11.8. The molecule has 2 aromatic carbocycles. The molecule has 4 rings (SSSR count). The number of hydrogen-bond donors (Lipinski definition) is 2. The van der Waals surface area contributed by atoms with Gasteiger partial charge in [-0.25, -0.2) is 4.98 Å². The third-order valence-corrected chi connectivity index (χ3v) is 4.51. The third kappa shape index (κ3) is 2.47. The van der Waals surface area contributed by atoms with Crippen molar-refractivity contribution in [2.75, 3.05) is 12.4 Å². The molecule has 2 heterocycles. The predicted molar refractivity (Wildman–Crippen MR) is 96.4 cm³/mol. The maximum Gasteiger partial charge on any atom is 0.195 e. The summed E-state index contributed by atoms with van der Waals surface area (Å²) in [5.41, 5.74) is 2.67. The summed E-state index contributed by atoms with van der Waals surface area (Å²) in [6, 6.07) is 15.2. The number of phenolic OH excluding ortho intramolecular Hbond substituents is 1. The maximum absolute atomic E-state index is 9.82. The van der Waals surface area contributed by atoms with Crippen LogP contribution in [0.3, 0.4) is 0 Å². The van der Waals surface area contributed by atoms with Crippen LogP contribution in [0.15, 0.2) is 60.1 Å². The lowest BCUT2D eigenvalue weighted by Crippen LogP contribution is -1.96. The van der Waals surface area contributed by atoms with Crippen molar-refractivity contribution in [3.05, 3.63) is 60.1 Å². The number of thiazole rings is 1. The van der Waals surface area contributed by atoms with Crippen LogP contribution in [0.5, 0.6) is 11.5 Å². The topological polar surface area (TPSA) is 58.8 Å². The van der Waals surface area contributed by atoms with E-state index in [2.05, 4.69) is 5.32 Å². The van der Waals surface area contributed by atoms with Crippen LogP contribution in [-0.2, 0) is 0 Å². The molecule has 0 bridgehead atoms. The highest BCUT2D eigenvalue weighted by Crippen LogP contribution is 2.36. The first-order valence-corrected chi connectivity index (χ1v) is 8.29. The molecule has 0 aliphatic heterocycles. The summed E-state index contributed by atoms with van der Waals surface area (Å²) < 4.78 is 7.24. The maximum atomic E-state index is 9.82. The van der Waals surface area contributed by atoms with Crippen molar-refractivity contribution in [1.82, 2.24) is 9.38 Å². The van der Waals surface area contributed by atoms with Gasteiger partial charge in [0.2, 0.25) is 0 Å². The van der Waals surface area contributed by atoms with Gasteiger partial charge in [0.15, 0.2) is 16.5 Å². The number of hydrogen-bond acceptors (Lipinski definition) is 5. The van der Waals surface area contributed by atoms with E-state index in [1.165, 1.54) is 7.11 Å². The van der Waals surface area contributed by atoms with E-state index in [-0.39, 0.29) is 5.75 Å². The van der Waals surface area contributed by atoms with Crippen LogP contribution in [0.25, 0.3) is 16.2 Å². The number of methoxy groups -OCH3 is 1. The van der Waals surface area contributed by atoms with E-state index < -0.39 is 0 Å². The van der Waals surface area contributed by atoms with Crippen LogP contribution < -0.4 is 10.1 Å². The number of aromatic hydroxyl groups is 1. The molecule has 4 aromatic rings. The van der Waals surface area contributed by atoms with Crippen molar-refractivity contribution < 1.29 is 9.84 Å². The van der Waals surface area contributed by atoms with E-state index in [1.807, 2.05) is 52.4 Å². The molecule has 120 valence electrons. The van der Waals surface area contributed by atoms with Crippen LogP contribution in [-0.4, -0.2) is 21.6 Å². The minimum absolute atomic E-state index is 0.111. The quantitative estimate of drug-likeness (QED) is 0.575. The number of fused-ring (bicyclic) bond motifs is 1. The molecule has 0 atom stereocenters. The number of nitrogens with one attached hydrogen (secondary N) is 1. The average Bonchev–Trinajstić information content (AvgIpc) is 3.19. The third-order valence-electron chi connectivity index (χ3n) is 3.75. The van der Waals surface area contributed by atoms with Gasteiger partial charge >= 0.3 is 0 Å². The Kier molecular flexibility index (Phi) is 3.59. The fourth-order valence-electron chi connectivity index (χ4n) is 2.59. The number of imidazole rings is 1. The molecule has 6 heteroatoms. The summed E-state index contributed by atoms with van der Waals surface area (Å²) in [5.74, 6) is 1.42. The average molecular weight is 337 g/mol. The van der Waals surface area contributed by atoms with E-state index in [1.54, 1.807) is 23.5 Å². The zero-order chi connectivity index (χ0) is 16.5. The number of para-hydroxylation sites is 1. The van der Waals surface area contributed by atoms with Crippen LogP contribution in [0, 0.1) is 0 Å². The van der Waals surface area contributed by atoms with E-state index in [0.717, 1.165) is 27.7 Å². The van der Waals surface area contributed by atoms with Gasteiger partial charge in [0.05, 0.1) is 7.11 Å². The molecule has 0 unspecified atom stereocenters. The highest BCUT2D eigenvalue weighted by Gasteiger charge is 2.16. The lowest BCUT2D eigenvalue weighted by molar-refractivity contribution is 0.373. The Morgan fingerprint density at radius 3 is 2.79 bits per heavy atom. The molecule has 5 nitrogen and oxygen atoms in total. The van der Waals surface area contributed by atoms with Gasteiger partial charge in [-0.1, -0.05) is 18.2 Å². The summed E-state index contributed by atoms with van der Waals surface area (Å²) in [4.78, 5) is 5.62. The number of ether oxygens (including phenoxy) is 1. The van der Waals surface area contributed by atoms with Crippen LogP contribution in [0.4, 0.5) is 11.5 Å². The monoisotopic (exact) mass is 337 g/mol. The van der Waals surface area contributed by atoms with Gasteiger partial charge in [-0.15, -0.1) is 11.3 Å². The lowest BCUT2D eigenvalue weighted by Gasteiger charge is -2.09. The highest BCUT2D eigenvalue weighted by atomic mass is 32.1. The summed E-state index contributed by atoms with van der Waals surface area (Å²) in [7, 11) is 1.54. The molecule has 0 aliphatic carbocycles. The first kappa shape index (κ1) is 14.6. The SMILES string of the molecule is COc1cc(-c2nc3sccn3c2Nc2ccccc2)ccc1O. The second-order valence-corrected chi connectivity index (χ2v) is 6.12. The summed E-state index contributed by atoms with van der Waals surface area (Å²) in [5, 5.41) is 15.3. The first-order valence-electron chi connectivity index (χ1n) is 7.41. The highest BCUT2D eigenvalue weighted by molar-refractivity contribution is 7.15. The smallest absolute Gasteiger partial charge is 0.195 e. The number of nitrogens with zero attached hydrogens (tertiary/aromatic N) is 2. The molecule has 2 N–H and O–H groups in total. The minimum atomic E-state index is 0.111. The Hall–Kier alpha value is -2.99. The fourth-order valence-corrected chi connectivity index (χ4v) is 3.30. The fraction of sp³-hybridized carbons (Fsp3) is 0.0556. The number of phenols is 1. The lowest BCUT2D eigenvalue weighted by atomic mass is 10.1. The Morgan fingerprint density at radius 2 is 2.00 bits per heavy atom. The van der Waals surface area contributed by atoms with Gasteiger partial charge in [0.1, 0.15) is 11.5 Å². The van der Waals surface area contributed by atoms with Gasteiger partial charge < -0.3 is 15.2 Å². The molecule has 0 saturated heterocycles. The second kappa shape index (κ2) is 5.90. The standard InChI is InChI=1S/C18H15N3O2S/c1-23-15-11-12(7-8-14(15)22)16-17(19-13-5-3-2-4-6-13)21-9-10-24-18(21)20-16/h2-11,19,22H,1H3. The van der Waals surface area contributed by atoms with Gasteiger partial charge in [-0.2, -0.15) is 0 Å². The molecular formula is C18H15N3O2S. The number of anilines is 2. The van der Waals surface area contributed by atoms with Crippen molar-refractivity contribution in [2.45, 2.75) is 0 Å². The molecule has 0 fully saturated rings. The number of rotatable bonds is 4. The van der Waals surface area contributed by atoms with E-state index in [4.69, 9.17) is 9.72 Å². The molecule has 2 aromatic heterocycles. The Labute approximate surface area is 142 Å². The van der Waals surface area contributed by atoms with E-state index in [9.17, 15) is 5.11 Å². The Bertz CT molecular complexity index is 992. The van der Waals surface area contributed by atoms with Crippen LogP contribution in [0.2, 0.25) is 0 Å². The molecule has 0 radical (unpaired) electrons. The number of benzene rings is 2. The van der Waals surface area contributed by atoms with Crippen molar-refractivity contribution in [3.63, 3.8) is 0 Å². The largest absolute Gasteiger partial charge is 0.504 e. The summed E-state index contributed by atoms with van der Waals surface area (Å²) >= 11 is 1.57. The number of aromatic nitrogens is 2. The van der Waals surface area contributed by atoms with Gasteiger partial charge in [0, 0.05) is 22.8 Å². The van der Waals surface area contributed by atoms with Crippen molar-refractivity contribution in [1.29, 1.82) is 0 Å². The molecule has 0 spiro atoms. The predicted octanol–water partition coefficient (Wildman–Crippen LogP) is 4.52. The van der Waals surface area contributed by atoms with Crippen LogP contribution >= 0.6 is 11.3 Å². The normalized spacial score (nSPS) is 10.9.